The summed E-state index contributed by atoms with van der Waals surface area (Å²) >= 11 is 0. The van der Waals surface area contributed by atoms with Crippen LogP contribution in [0.15, 0.2) is 69.9 Å². The Morgan fingerprint density at radius 2 is 1.67 bits per heavy atom. The van der Waals surface area contributed by atoms with Crippen molar-refractivity contribution in [3.63, 3.8) is 0 Å². The fourth-order valence-electron chi connectivity index (χ4n) is 2.84. The number of nitrogens with zero attached hydrogens (tertiary/aromatic N) is 1. The SMILES string of the molecule is COc1ccc(CN(Cc2ccco2)C[C@@H](O)COCc2ccco2)cc1. The molecule has 0 unspecified atom stereocenters. The number of ether oxygens (including phenoxy) is 2. The van der Waals surface area contributed by atoms with Crippen LogP contribution in [0.25, 0.3) is 0 Å². The molecule has 0 aliphatic heterocycles. The van der Waals surface area contributed by atoms with Crippen LogP contribution in [0.5, 0.6) is 5.75 Å². The Kier molecular flexibility index (Phi) is 7.10. The summed E-state index contributed by atoms with van der Waals surface area (Å²) in [6, 6.07) is 15.4. The summed E-state index contributed by atoms with van der Waals surface area (Å²) in [5, 5.41) is 10.4. The molecule has 1 aromatic carbocycles. The summed E-state index contributed by atoms with van der Waals surface area (Å²) in [7, 11) is 1.65. The second kappa shape index (κ2) is 9.97. The monoisotopic (exact) mass is 371 g/mol. The maximum Gasteiger partial charge on any atom is 0.129 e. The summed E-state index contributed by atoms with van der Waals surface area (Å²) in [5.41, 5.74) is 1.13. The first-order valence-corrected chi connectivity index (χ1v) is 8.89. The molecule has 144 valence electrons. The van der Waals surface area contributed by atoms with Crippen LogP contribution in [0.2, 0.25) is 0 Å². The normalized spacial score (nSPS) is 12.4. The van der Waals surface area contributed by atoms with Crippen molar-refractivity contribution in [2.24, 2.45) is 0 Å². The van der Waals surface area contributed by atoms with Crippen LogP contribution in [0.1, 0.15) is 17.1 Å². The topological polar surface area (TPSA) is 68.2 Å². The predicted molar refractivity (Wildman–Crippen MR) is 100 cm³/mol. The van der Waals surface area contributed by atoms with Gasteiger partial charge in [0.25, 0.3) is 0 Å². The standard InChI is InChI=1S/C21H25NO5/c1-24-19-8-6-17(7-9-19)12-22(14-20-4-2-10-26-20)13-18(23)15-25-16-21-5-3-11-27-21/h2-11,18,23H,12-16H2,1H3/t18-/m1/s1. The van der Waals surface area contributed by atoms with E-state index in [1.807, 2.05) is 48.5 Å². The van der Waals surface area contributed by atoms with E-state index in [0.29, 0.717) is 26.2 Å². The van der Waals surface area contributed by atoms with Gasteiger partial charge in [0.1, 0.15) is 23.9 Å². The summed E-state index contributed by atoms with van der Waals surface area (Å²) < 4.78 is 21.4. The number of methoxy groups -OCH3 is 1. The van der Waals surface area contributed by atoms with Gasteiger partial charge in [0, 0.05) is 13.1 Å². The molecule has 3 aromatic rings. The van der Waals surface area contributed by atoms with E-state index in [0.717, 1.165) is 22.8 Å². The number of rotatable bonds is 11. The first-order chi connectivity index (χ1) is 13.2. The van der Waals surface area contributed by atoms with E-state index in [9.17, 15) is 5.11 Å². The van der Waals surface area contributed by atoms with E-state index in [1.54, 1.807) is 19.6 Å². The maximum absolute atomic E-state index is 10.4. The summed E-state index contributed by atoms with van der Waals surface area (Å²) in [4.78, 5) is 2.13. The molecule has 0 radical (unpaired) electrons. The number of aliphatic hydroxyl groups is 1. The quantitative estimate of drug-likeness (QED) is 0.557. The fourth-order valence-corrected chi connectivity index (χ4v) is 2.84. The molecule has 0 saturated heterocycles. The Morgan fingerprint density at radius 3 is 2.30 bits per heavy atom. The van der Waals surface area contributed by atoms with Gasteiger partial charge in [-0.05, 0) is 42.0 Å². The largest absolute Gasteiger partial charge is 0.497 e. The van der Waals surface area contributed by atoms with Crippen LogP contribution in [0.4, 0.5) is 0 Å². The fraction of sp³-hybridized carbons (Fsp3) is 0.333. The number of furan rings is 2. The third-order valence-electron chi connectivity index (χ3n) is 4.13. The van der Waals surface area contributed by atoms with Crippen LogP contribution in [0, 0.1) is 0 Å². The van der Waals surface area contributed by atoms with E-state index in [1.165, 1.54) is 0 Å². The predicted octanol–water partition coefficient (Wildman–Crippen LogP) is 3.46. The Morgan fingerprint density at radius 1 is 0.963 bits per heavy atom. The highest BCUT2D eigenvalue weighted by Gasteiger charge is 2.15. The second-order valence-electron chi connectivity index (χ2n) is 6.35. The molecule has 0 fully saturated rings. The molecule has 0 amide bonds. The van der Waals surface area contributed by atoms with Gasteiger partial charge in [-0.25, -0.2) is 0 Å². The van der Waals surface area contributed by atoms with Gasteiger partial charge in [-0.2, -0.15) is 0 Å². The Bertz CT molecular complexity index is 752. The smallest absolute Gasteiger partial charge is 0.129 e. The highest BCUT2D eigenvalue weighted by molar-refractivity contribution is 5.27. The highest BCUT2D eigenvalue weighted by atomic mass is 16.5. The van der Waals surface area contributed by atoms with Crippen LogP contribution >= 0.6 is 0 Å². The van der Waals surface area contributed by atoms with Crippen molar-refractivity contribution in [2.75, 3.05) is 20.3 Å². The van der Waals surface area contributed by atoms with Crippen molar-refractivity contribution >= 4 is 0 Å². The Hall–Kier alpha value is -2.54. The van der Waals surface area contributed by atoms with Crippen molar-refractivity contribution < 1.29 is 23.4 Å². The lowest BCUT2D eigenvalue weighted by atomic mass is 10.2. The molecule has 0 spiro atoms. The van der Waals surface area contributed by atoms with Crippen LogP contribution in [-0.2, 0) is 24.4 Å². The van der Waals surface area contributed by atoms with Crippen molar-refractivity contribution in [3.05, 3.63) is 78.1 Å². The number of hydrogen-bond acceptors (Lipinski definition) is 6. The first-order valence-electron chi connectivity index (χ1n) is 8.89. The zero-order chi connectivity index (χ0) is 18.9. The molecule has 27 heavy (non-hydrogen) atoms. The van der Waals surface area contributed by atoms with E-state index in [-0.39, 0.29) is 6.61 Å². The Balaban J connectivity index is 1.54. The zero-order valence-electron chi connectivity index (χ0n) is 15.4. The minimum atomic E-state index is -0.617. The summed E-state index contributed by atoms with van der Waals surface area (Å²) in [5.74, 6) is 2.42. The van der Waals surface area contributed by atoms with Gasteiger partial charge in [-0.1, -0.05) is 12.1 Å². The van der Waals surface area contributed by atoms with Crippen molar-refractivity contribution in [1.82, 2.24) is 4.90 Å². The van der Waals surface area contributed by atoms with Gasteiger partial charge in [0.2, 0.25) is 0 Å². The lowest BCUT2D eigenvalue weighted by Crippen LogP contribution is -2.34. The van der Waals surface area contributed by atoms with Gasteiger partial charge in [-0.15, -0.1) is 0 Å². The molecular formula is C21H25NO5. The third kappa shape index (κ3) is 6.29. The summed E-state index contributed by atoms with van der Waals surface area (Å²) in [6.45, 7) is 2.33. The molecule has 2 heterocycles. The molecular weight excluding hydrogens is 346 g/mol. The molecule has 0 saturated carbocycles. The second-order valence-corrected chi connectivity index (χ2v) is 6.35. The van der Waals surface area contributed by atoms with Gasteiger partial charge < -0.3 is 23.4 Å². The van der Waals surface area contributed by atoms with Crippen molar-refractivity contribution in [1.29, 1.82) is 0 Å². The van der Waals surface area contributed by atoms with Crippen LogP contribution in [0.3, 0.4) is 0 Å². The molecule has 2 aromatic heterocycles. The minimum absolute atomic E-state index is 0.234. The van der Waals surface area contributed by atoms with E-state index < -0.39 is 6.10 Å². The average Bonchev–Trinajstić information content (AvgIpc) is 3.36. The maximum atomic E-state index is 10.4. The third-order valence-corrected chi connectivity index (χ3v) is 4.13. The van der Waals surface area contributed by atoms with Crippen LogP contribution in [-0.4, -0.2) is 36.4 Å². The van der Waals surface area contributed by atoms with E-state index in [4.69, 9.17) is 18.3 Å². The van der Waals surface area contributed by atoms with Crippen molar-refractivity contribution in [2.45, 2.75) is 25.8 Å². The minimum Gasteiger partial charge on any atom is -0.497 e. The first kappa shape index (κ1) is 19.2. The number of hydrogen-bond donors (Lipinski definition) is 1. The molecule has 0 aliphatic rings. The number of benzene rings is 1. The van der Waals surface area contributed by atoms with Gasteiger partial charge in [0.15, 0.2) is 0 Å². The molecule has 3 rings (SSSR count). The van der Waals surface area contributed by atoms with E-state index >= 15 is 0 Å². The lowest BCUT2D eigenvalue weighted by Gasteiger charge is -2.24. The Labute approximate surface area is 158 Å². The molecule has 6 nitrogen and oxygen atoms in total. The molecule has 0 aliphatic carbocycles. The average molecular weight is 371 g/mol. The van der Waals surface area contributed by atoms with E-state index in [2.05, 4.69) is 4.90 Å². The van der Waals surface area contributed by atoms with Gasteiger partial charge >= 0.3 is 0 Å². The molecule has 0 bridgehead atoms. The number of aliphatic hydroxyl groups excluding tert-OH is 1. The molecule has 6 heteroatoms. The van der Waals surface area contributed by atoms with Crippen LogP contribution < -0.4 is 4.74 Å². The van der Waals surface area contributed by atoms with Gasteiger partial charge in [-0.3, -0.25) is 4.90 Å². The molecule has 1 atom stereocenters. The van der Waals surface area contributed by atoms with Gasteiger partial charge in [0.05, 0.1) is 38.9 Å². The lowest BCUT2D eigenvalue weighted by molar-refractivity contribution is 0.00162. The highest BCUT2D eigenvalue weighted by Crippen LogP contribution is 2.15. The van der Waals surface area contributed by atoms with Crippen molar-refractivity contribution in [3.8, 4) is 5.75 Å². The zero-order valence-corrected chi connectivity index (χ0v) is 15.4. The summed E-state index contributed by atoms with van der Waals surface area (Å²) in [6.07, 6.45) is 2.65. The molecule has 1 N–H and O–H groups in total.